The molecule has 21 heavy (non-hydrogen) atoms. The van der Waals surface area contributed by atoms with Crippen LogP contribution in [0.3, 0.4) is 0 Å². The van der Waals surface area contributed by atoms with Gasteiger partial charge in [-0.2, -0.15) is 0 Å². The van der Waals surface area contributed by atoms with E-state index >= 15 is 0 Å². The molecule has 8 heteroatoms. The predicted molar refractivity (Wildman–Crippen MR) is 78.1 cm³/mol. The Bertz CT molecular complexity index is 519. The third-order valence-corrected chi connectivity index (χ3v) is 2.83. The van der Waals surface area contributed by atoms with Gasteiger partial charge in [-0.3, -0.25) is 14.9 Å². The van der Waals surface area contributed by atoms with E-state index in [-0.39, 0.29) is 12.2 Å². The van der Waals surface area contributed by atoms with Gasteiger partial charge in [0, 0.05) is 30.9 Å². The first kappa shape index (κ1) is 16.7. The SMILES string of the molecule is COc1cc(N(CCN(C)C)CC(=O)O)cc([N+](=O)[O-])c1. The molecule has 1 aromatic carbocycles. The number of aliphatic carboxylic acids is 1. The van der Waals surface area contributed by atoms with Crippen molar-refractivity contribution in [3.05, 3.63) is 28.3 Å². The molecule has 0 atom stereocenters. The summed E-state index contributed by atoms with van der Waals surface area (Å²) in [6, 6.07) is 4.24. The number of hydrogen-bond donors (Lipinski definition) is 1. The van der Waals surface area contributed by atoms with Crippen molar-refractivity contribution in [1.29, 1.82) is 0 Å². The molecule has 1 aromatic rings. The minimum Gasteiger partial charge on any atom is -0.496 e. The highest BCUT2D eigenvalue weighted by Crippen LogP contribution is 2.28. The second-order valence-corrected chi connectivity index (χ2v) is 4.76. The summed E-state index contributed by atoms with van der Waals surface area (Å²) in [7, 11) is 5.14. The number of nitro benzene ring substituents is 1. The molecule has 116 valence electrons. The van der Waals surface area contributed by atoms with Gasteiger partial charge in [-0.15, -0.1) is 0 Å². The summed E-state index contributed by atoms with van der Waals surface area (Å²) >= 11 is 0. The van der Waals surface area contributed by atoms with Gasteiger partial charge in [0.1, 0.15) is 12.3 Å². The summed E-state index contributed by atoms with van der Waals surface area (Å²) in [4.78, 5) is 24.9. The highest BCUT2D eigenvalue weighted by molar-refractivity contribution is 5.74. The Labute approximate surface area is 122 Å². The van der Waals surface area contributed by atoms with Crippen molar-refractivity contribution < 1.29 is 19.6 Å². The molecule has 0 aliphatic heterocycles. The molecule has 0 aliphatic carbocycles. The summed E-state index contributed by atoms with van der Waals surface area (Å²) in [5, 5.41) is 19.9. The maximum Gasteiger partial charge on any atom is 0.323 e. The Balaban J connectivity index is 3.12. The van der Waals surface area contributed by atoms with Crippen molar-refractivity contribution in [3.63, 3.8) is 0 Å². The third kappa shape index (κ3) is 5.27. The number of carboxylic acid groups (broad SMARTS) is 1. The van der Waals surface area contributed by atoms with Crippen LogP contribution in [0.5, 0.6) is 5.75 Å². The van der Waals surface area contributed by atoms with Gasteiger partial charge in [0.15, 0.2) is 0 Å². The second kappa shape index (κ2) is 7.44. The Morgan fingerprint density at radius 1 is 1.33 bits per heavy atom. The van der Waals surface area contributed by atoms with Gasteiger partial charge in [0.25, 0.3) is 5.69 Å². The summed E-state index contributed by atoms with van der Waals surface area (Å²) in [5.74, 6) is -0.682. The molecule has 0 bridgehead atoms. The number of ether oxygens (including phenoxy) is 1. The topological polar surface area (TPSA) is 96.2 Å². The lowest BCUT2D eigenvalue weighted by Crippen LogP contribution is -2.35. The molecule has 8 nitrogen and oxygen atoms in total. The quantitative estimate of drug-likeness (QED) is 0.566. The summed E-state index contributed by atoms with van der Waals surface area (Å²) in [6.07, 6.45) is 0. The van der Waals surface area contributed by atoms with Crippen molar-refractivity contribution in [3.8, 4) is 5.75 Å². The molecule has 0 aliphatic rings. The number of carbonyl (C=O) groups is 1. The first-order valence-electron chi connectivity index (χ1n) is 6.28. The Morgan fingerprint density at radius 3 is 2.48 bits per heavy atom. The number of carboxylic acids is 1. The van der Waals surface area contributed by atoms with Gasteiger partial charge in [-0.25, -0.2) is 0 Å². The summed E-state index contributed by atoms with van der Waals surface area (Å²) < 4.78 is 5.04. The number of nitro groups is 1. The maximum absolute atomic E-state index is 11.0. The first-order chi connectivity index (χ1) is 9.83. The number of rotatable bonds is 8. The molecule has 0 aromatic heterocycles. The van der Waals surface area contributed by atoms with E-state index in [9.17, 15) is 14.9 Å². The number of methoxy groups -OCH3 is 1. The van der Waals surface area contributed by atoms with E-state index < -0.39 is 10.9 Å². The number of anilines is 1. The first-order valence-corrected chi connectivity index (χ1v) is 6.28. The van der Waals surface area contributed by atoms with E-state index in [0.29, 0.717) is 24.5 Å². The lowest BCUT2D eigenvalue weighted by Gasteiger charge is -2.24. The average molecular weight is 297 g/mol. The van der Waals surface area contributed by atoms with Gasteiger partial charge < -0.3 is 19.6 Å². The number of likely N-dealkylation sites (N-methyl/N-ethyl adjacent to an activating group) is 1. The lowest BCUT2D eigenvalue weighted by atomic mass is 10.2. The van der Waals surface area contributed by atoms with Crippen LogP contribution >= 0.6 is 0 Å². The van der Waals surface area contributed by atoms with Gasteiger partial charge in [0.2, 0.25) is 0 Å². The number of benzene rings is 1. The zero-order chi connectivity index (χ0) is 16.0. The fourth-order valence-corrected chi connectivity index (χ4v) is 1.76. The van der Waals surface area contributed by atoms with E-state index in [1.165, 1.54) is 19.2 Å². The summed E-state index contributed by atoms with van der Waals surface area (Å²) in [6.45, 7) is 0.820. The maximum atomic E-state index is 11.0. The Morgan fingerprint density at radius 2 is 2.00 bits per heavy atom. The van der Waals surface area contributed by atoms with Crippen molar-refractivity contribution >= 4 is 17.3 Å². The van der Waals surface area contributed by atoms with Crippen LogP contribution in [0.15, 0.2) is 18.2 Å². The molecule has 0 fully saturated rings. The van der Waals surface area contributed by atoms with E-state index in [1.807, 2.05) is 19.0 Å². The van der Waals surface area contributed by atoms with Crippen LogP contribution in [0.2, 0.25) is 0 Å². The lowest BCUT2D eigenvalue weighted by molar-refractivity contribution is -0.384. The fourth-order valence-electron chi connectivity index (χ4n) is 1.76. The molecule has 0 saturated heterocycles. The minimum absolute atomic E-state index is 0.135. The zero-order valence-electron chi connectivity index (χ0n) is 12.3. The third-order valence-electron chi connectivity index (χ3n) is 2.83. The Hall–Kier alpha value is -2.35. The van der Waals surface area contributed by atoms with Crippen LogP contribution in [0.1, 0.15) is 0 Å². The number of non-ortho nitro benzene ring substituents is 1. The molecule has 1 rings (SSSR count). The zero-order valence-corrected chi connectivity index (χ0v) is 12.3. The Kier molecular flexibility index (Phi) is 5.92. The van der Waals surface area contributed by atoms with Gasteiger partial charge in [0.05, 0.1) is 18.1 Å². The second-order valence-electron chi connectivity index (χ2n) is 4.76. The van der Waals surface area contributed by atoms with Crippen molar-refractivity contribution in [2.24, 2.45) is 0 Å². The molecule has 0 heterocycles. The monoisotopic (exact) mass is 297 g/mol. The molecule has 0 spiro atoms. The minimum atomic E-state index is -1.00. The van der Waals surface area contributed by atoms with Gasteiger partial charge in [-0.05, 0) is 14.1 Å². The van der Waals surface area contributed by atoms with E-state index in [0.717, 1.165) is 0 Å². The van der Waals surface area contributed by atoms with Crippen LogP contribution < -0.4 is 9.64 Å². The molecule has 0 unspecified atom stereocenters. The standard InChI is InChI=1S/C13H19N3O5/c1-14(2)4-5-15(9-13(17)18)10-6-11(16(19)20)8-12(7-10)21-3/h6-8H,4-5,9H2,1-3H3,(H,17,18). The van der Waals surface area contributed by atoms with Crippen molar-refractivity contribution in [2.75, 3.05) is 45.7 Å². The molecule has 0 amide bonds. The largest absolute Gasteiger partial charge is 0.496 e. The summed E-state index contributed by atoms with van der Waals surface area (Å²) in [5.41, 5.74) is 0.315. The van der Waals surface area contributed by atoms with Crippen LogP contribution in [-0.2, 0) is 4.79 Å². The van der Waals surface area contributed by atoms with Crippen LogP contribution in [-0.4, -0.2) is 61.7 Å². The van der Waals surface area contributed by atoms with Crippen molar-refractivity contribution in [2.45, 2.75) is 0 Å². The molecular formula is C13H19N3O5. The van der Waals surface area contributed by atoms with Gasteiger partial charge in [-0.1, -0.05) is 0 Å². The van der Waals surface area contributed by atoms with E-state index in [1.54, 1.807) is 11.0 Å². The molecule has 0 radical (unpaired) electrons. The normalized spacial score (nSPS) is 10.5. The molecule has 1 N–H and O–H groups in total. The van der Waals surface area contributed by atoms with E-state index in [2.05, 4.69) is 0 Å². The molecular weight excluding hydrogens is 278 g/mol. The number of hydrogen-bond acceptors (Lipinski definition) is 6. The van der Waals surface area contributed by atoms with Crippen LogP contribution in [0, 0.1) is 10.1 Å². The average Bonchev–Trinajstić information content (AvgIpc) is 2.42. The smallest absolute Gasteiger partial charge is 0.323 e. The molecule has 0 saturated carbocycles. The van der Waals surface area contributed by atoms with Gasteiger partial charge >= 0.3 is 5.97 Å². The fraction of sp³-hybridized carbons (Fsp3) is 0.462. The predicted octanol–water partition coefficient (Wildman–Crippen LogP) is 1.06. The highest BCUT2D eigenvalue weighted by atomic mass is 16.6. The van der Waals surface area contributed by atoms with Crippen molar-refractivity contribution in [1.82, 2.24) is 4.90 Å². The van der Waals surface area contributed by atoms with Crippen LogP contribution in [0.25, 0.3) is 0 Å². The number of nitrogens with zero attached hydrogens (tertiary/aromatic N) is 3. The highest BCUT2D eigenvalue weighted by Gasteiger charge is 2.17. The van der Waals surface area contributed by atoms with Crippen LogP contribution in [0.4, 0.5) is 11.4 Å². The van der Waals surface area contributed by atoms with E-state index in [4.69, 9.17) is 9.84 Å².